The number of benzene rings is 2. The topological polar surface area (TPSA) is 105 Å². The molecule has 0 aliphatic heterocycles. The summed E-state index contributed by atoms with van der Waals surface area (Å²) in [5.74, 6) is -1.87. The Morgan fingerprint density at radius 2 is 1.58 bits per heavy atom. The molecule has 140 valence electrons. The maximum absolute atomic E-state index is 9.10. The predicted molar refractivity (Wildman–Crippen MR) is 99.5 cm³/mol. The smallest absolute Gasteiger partial charge is 0.414 e. The lowest BCUT2D eigenvalue weighted by molar-refractivity contribution is -0.159. The third kappa shape index (κ3) is 7.54. The summed E-state index contributed by atoms with van der Waals surface area (Å²) in [6, 6.07) is 14.1. The zero-order valence-corrected chi connectivity index (χ0v) is 15.9. The van der Waals surface area contributed by atoms with Crippen molar-refractivity contribution in [1.29, 1.82) is 0 Å². The average molecular weight is 426 g/mol. The summed E-state index contributed by atoms with van der Waals surface area (Å²) in [7, 11) is 3.36. The van der Waals surface area contributed by atoms with E-state index in [1.807, 2.05) is 24.3 Å². The summed E-state index contributed by atoms with van der Waals surface area (Å²) >= 11 is 3.48. The van der Waals surface area contributed by atoms with Crippen LogP contribution in [0.1, 0.15) is 11.1 Å². The van der Waals surface area contributed by atoms with E-state index >= 15 is 0 Å². The summed E-state index contributed by atoms with van der Waals surface area (Å²) < 4.78 is 11.6. The molecule has 0 atom stereocenters. The summed E-state index contributed by atoms with van der Waals surface area (Å²) in [6.07, 6.45) is 0. The van der Waals surface area contributed by atoms with E-state index in [0.29, 0.717) is 0 Å². The second-order valence-electron chi connectivity index (χ2n) is 5.02. The minimum absolute atomic E-state index is 0.759. The molecule has 0 saturated heterocycles. The van der Waals surface area contributed by atoms with E-state index in [9.17, 15) is 0 Å². The molecule has 0 bridgehead atoms. The highest BCUT2D eigenvalue weighted by Crippen LogP contribution is 2.22. The first-order valence-electron chi connectivity index (χ1n) is 7.49. The van der Waals surface area contributed by atoms with Gasteiger partial charge in [-0.3, -0.25) is 0 Å². The van der Waals surface area contributed by atoms with E-state index in [0.717, 1.165) is 34.6 Å². The normalized spacial score (nSPS) is 9.65. The lowest BCUT2D eigenvalue weighted by Gasteiger charge is -2.10. The summed E-state index contributed by atoms with van der Waals surface area (Å²) in [5, 5.41) is 18.2. The van der Waals surface area contributed by atoms with Crippen LogP contribution < -0.4 is 14.8 Å². The van der Waals surface area contributed by atoms with E-state index in [1.165, 1.54) is 5.56 Å². The lowest BCUT2D eigenvalue weighted by Crippen LogP contribution is -2.13. The SMILES string of the molecule is COc1ccc(CNCc2cc(Br)ccc2OC)cc1.O=C(O)C(=O)O. The van der Waals surface area contributed by atoms with Gasteiger partial charge in [0.15, 0.2) is 0 Å². The van der Waals surface area contributed by atoms with Gasteiger partial charge in [-0.05, 0) is 35.9 Å². The molecule has 2 aromatic rings. The van der Waals surface area contributed by atoms with Crippen molar-refractivity contribution in [2.75, 3.05) is 14.2 Å². The molecule has 7 nitrogen and oxygen atoms in total. The Hall–Kier alpha value is -2.58. The number of carboxylic acid groups (broad SMARTS) is 2. The summed E-state index contributed by atoms with van der Waals surface area (Å²) in [5.41, 5.74) is 2.36. The Kier molecular flexibility index (Phi) is 9.18. The highest BCUT2D eigenvalue weighted by molar-refractivity contribution is 9.10. The first kappa shape index (κ1) is 21.5. The van der Waals surface area contributed by atoms with Crippen LogP contribution in [0.5, 0.6) is 11.5 Å². The van der Waals surface area contributed by atoms with Crippen LogP contribution in [0.25, 0.3) is 0 Å². The molecular weight excluding hydrogens is 406 g/mol. The number of halogens is 1. The molecule has 0 aliphatic rings. The second kappa shape index (κ2) is 11.1. The van der Waals surface area contributed by atoms with Crippen LogP contribution in [-0.2, 0) is 22.7 Å². The molecule has 0 fully saturated rings. The molecule has 0 spiro atoms. The van der Waals surface area contributed by atoms with Gasteiger partial charge in [0.1, 0.15) is 11.5 Å². The number of carboxylic acids is 2. The fraction of sp³-hybridized carbons (Fsp3) is 0.222. The molecule has 0 aliphatic carbocycles. The van der Waals surface area contributed by atoms with Crippen LogP contribution >= 0.6 is 15.9 Å². The van der Waals surface area contributed by atoms with Gasteiger partial charge >= 0.3 is 11.9 Å². The van der Waals surface area contributed by atoms with Gasteiger partial charge in [-0.25, -0.2) is 9.59 Å². The molecule has 3 N–H and O–H groups in total. The van der Waals surface area contributed by atoms with Crippen molar-refractivity contribution >= 4 is 27.9 Å². The summed E-state index contributed by atoms with van der Waals surface area (Å²) in [6.45, 7) is 1.56. The molecule has 2 aromatic carbocycles. The van der Waals surface area contributed by atoms with Gasteiger partial charge in [0.25, 0.3) is 0 Å². The molecule has 26 heavy (non-hydrogen) atoms. The van der Waals surface area contributed by atoms with Crippen LogP contribution in [0, 0.1) is 0 Å². The Bertz CT molecular complexity index is 721. The molecule has 0 radical (unpaired) electrons. The van der Waals surface area contributed by atoms with Crippen molar-refractivity contribution in [2.45, 2.75) is 13.1 Å². The molecule has 0 amide bonds. The van der Waals surface area contributed by atoms with Gasteiger partial charge in [-0.1, -0.05) is 28.1 Å². The minimum atomic E-state index is -1.82. The number of aliphatic carboxylic acids is 2. The maximum atomic E-state index is 9.10. The number of nitrogens with one attached hydrogen (secondary N) is 1. The van der Waals surface area contributed by atoms with Crippen LogP contribution in [0.3, 0.4) is 0 Å². The predicted octanol–water partition coefficient (Wildman–Crippen LogP) is 2.91. The van der Waals surface area contributed by atoms with Crippen molar-refractivity contribution in [3.05, 3.63) is 58.1 Å². The molecule has 0 unspecified atom stereocenters. The third-order valence-corrected chi connectivity index (χ3v) is 3.72. The van der Waals surface area contributed by atoms with Gasteiger partial charge in [0.2, 0.25) is 0 Å². The van der Waals surface area contributed by atoms with Crippen LogP contribution in [0.15, 0.2) is 46.9 Å². The van der Waals surface area contributed by atoms with Gasteiger partial charge in [-0.2, -0.15) is 0 Å². The highest BCUT2D eigenvalue weighted by Gasteiger charge is 2.04. The first-order valence-corrected chi connectivity index (χ1v) is 8.29. The molecule has 2 rings (SSSR count). The van der Waals surface area contributed by atoms with Crippen molar-refractivity contribution in [3.63, 3.8) is 0 Å². The second-order valence-corrected chi connectivity index (χ2v) is 5.93. The van der Waals surface area contributed by atoms with Gasteiger partial charge in [-0.15, -0.1) is 0 Å². The Morgan fingerprint density at radius 3 is 2.08 bits per heavy atom. The van der Waals surface area contributed by atoms with Crippen LogP contribution in [0.4, 0.5) is 0 Å². The van der Waals surface area contributed by atoms with E-state index in [-0.39, 0.29) is 0 Å². The van der Waals surface area contributed by atoms with Crippen molar-refractivity contribution in [1.82, 2.24) is 5.32 Å². The zero-order valence-electron chi connectivity index (χ0n) is 14.4. The fourth-order valence-electron chi connectivity index (χ4n) is 1.97. The maximum Gasteiger partial charge on any atom is 0.414 e. The van der Waals surface area contributed by atoms with Crippen molar-refractivity contribution in [3.8, 4) is 11.5 Å². The monoisotopic (exact) mass is 425 g/mol. The number of carbonyl (C=O) groups is 2. The van der Waals surface area contributed by atoms with Crippen molar-refractivity contribution in [2.24, 2.45) is 0 Å². The quantitative estimate of drug-likeness (QED) is 0.610. The summed E-state index contributed by atoms with van der Waals surface area (Å²) in [4.78, 5) is 18.2. The highest BCUT2D eigenvalue weighted by atomic mass is 79.9. The largest absolute Gasteiger partial charge is 0.497 e. The van der Waals surface area contributed by atoms with Gasteiger partial charge in [0, 0.05) is 23.1 Å². The number of hydrogen-bond donors (Lipinski definition) is 3. The Morgan fingerprint density at radius 1 is 0.962 bits per heavy atom. The lowest BCUT2D eigenvalue weighted by atomic mass is 10.2. The molecule has 0 heterocycles. The fourth-order valence-corrected chi connectivity index (χ4v) is 2.38. The van der Waals surface area contributed by atoms with Gasteiger partial charge < -0.3 is 25.0 Å². The Balaban J connectivity index is 0.000000487. The van der Waals surface area contributed by atoms with E-state index in [4.69, 9.17) is 29.3 Å². The molecule has 0 saturated carbocycles. The van der Waals surface area contributed by atoms with Crippen LogP contribution in [-0.4, -0.2) is 36.4 Å². The third-order valence-electron chi connectivity index (χ3n) is 3.23. The standard InChI is InChI=1S/C16H18BrNO2.C2H2O4/c1-19-15-6-3-12(4-7-15)10-18-11-13-9-14(17)5-8-16(13)20-2;3-1(4)2(5)6/h3-9,18H,10-11H2,1-2H3;(H,3,4)(H,5,6). The Labute approximate surface area is 159 Å². The van der Waals surface area contributed by atoms with E-state index < -0.39 is 11.9 Å². The zero-order chi connectivity index (χ0) is 19.5. The van der Waals surface area contributed by atoms with Crippen LogP contribution in [0.2, 0.25) is 0 Å². The number of hydrogen-bond acceptors (Lipinski definition) is 5. The number of ether oxygens (including phenoxy) is 2. The number of rotatable bonds is 6. The molecule has 0 aromatic heterocycles. The average Bonchev–Trinajstić information content (AvgIpc) is 2.63. The first-order chi connectivity index (χ1) is 12.4. The van der Waals surface area contributed by atoms with Gasteiger partial charge in [0.05, 0.1) is 14.2 Å². The molecular formula is C18H20BrNO6. The van der Waals surface area contributed by atoms with Crippen molar-refractivity contribution < 1.29 is 29.3 Å². The molecule has 8 heteroatoms. The number of methoxy groups -OCH3 is 2. The minimum Gasteiger partial charge on any atom is -0.497 e. The van der Waals surface area contributed by atoms with E-state index in [2.05, 4.69) is 39.4 Å². The van der Waals surface area contributed by atoms with E-state index in [1.54, 1.807) is 14.2 Å².